The molecule has 1 aliphatic heterocycles. The Balaban J connectivity index is 2.21. The van der Waals surface area contributed by atoms with Gasteiger partial charge in [0.15, 0.2) is 0 Å². The van der Waals surface area contributed by atoms with Crippen molar-refractivity contribution in [2.24, 2.45) is 0 Å². The number of carbonyl (C=O) groups is 1. The second kappa shape index (κ2) is 5.80. The summed E-state index contributed by atoms with van der Waals surface area (Å²) in [6, 6.07) is 9.41. The van der Waals surface area contributed by atoms with Crippen molar-refractivity contribution in [1.82, 2.24) is 4.90 Å². The Kier molecular flexibility index (Phi) is 4.12. The maximum absolute atomic E-state index is 11.9. The molecule has 0 bridgehead atoms. The molecule has 0 saturated carbocycles. The molecule has 17 heavy (non-hydrogen) atoms. The van der Waals surface area contributed by atoms with Crippen LogP contribution in [0.1, 0.15) is 11.6 Å². The molecule has 4 nitrogen and oxygen atoms in total. The zero-order valence-electron chi connectivity index (χ0n) is 9.96. The SMILES string of the molecule is COC(=O)C(c1ccccc1)N1CCOCC1. The van der Waals surface area contributed by atoms with E-state index < -0.39 is 0 Å². The lowest BCUT2D eigenvalue weighted by molar-refractivity contribution is -0.149. The Hall–Kier alpha value is -1.39. The predicted octanol–water partition coefficient (Wildman–Crippen LogP) is 1.23. The van der Waals surface area contributed by atoms with E-state index in [4.69, 9.17) is 9.47 Å². The number of hydrogen-bond donors (Lipinski definition) is 0. The molecular weight excluding hydrogens is 218 g/mol. The molecular formula is C13H17NO3. The van der Waals surface area contributed by atoms with Gasteiger partial charge in [-0.1, -0.05) is 30.3 Å². The third kappa shape index (κ3) is 2.84. The summed E-state index contributed by atoms with van der Waals surface area (Å²) in [7, 11) is 1.43. The standard InChI is InChI=1S/C13H17NO3/c1-16-13(15)12(11-5-3-2-4-6-11)14-7-9-17-10-8-14/h2-6,12H,7-10H2,1H3. The van der Waals surface area contributed by atoms with Crippen molar-refractivity contribution in [3.05, 3.63) is 35.9 Å². The second-order valence-electron chi connectivity index (χ2n) is 3.98. The van der Waals surface area contributed by atoms with Crippen LogP contribution in [0.2, 0.25) is 0 Å². The number of carbonyl (C=O) groups excluding carboxylic acids is 1. The second-order valence-corrected chi connectivity index (χ2v) is 3.98. The Bertz CT molecular complexity index is 360. The van der Waals surface area contributed by atoms with Crippen LogP contribution < -0.4 is 0 Å². The Morgan fingerprint density at radius 3 is 2.53 bits per heavy atom. The van der Waals surface area contributed by atoms with Crippen LogP contribution in [0.25, 0.3) is 0 Å². The van der Waals surface area contributed by atoms with E-state index in [-0.39, 0.29) is 12.0 Å². The fourth-order valence-corrected chi connectivity index (χ4v) is 2.08. The number of nitrogens with zero attached hydrogens (tertiary/aromatic N) is 1. The Morgan fingerprint density at radius 2 is 1.94 bits per heavy atom. The van der Waals surface area contributed by atoms with Crippen molar-refractivity contribution < 1.29 is 14.3 Å². The van der Waals surface area contributed by atoms with Gasteiger partial charge in [-0.25, -0.2) is 4.79 Å². The van der Waals surface area contributed by atoms with E-state index in [9.17, 15) is 4.79 Å². The summed E-state index contributed by atoms with van der Waals surface area (Å²) in [5, 5.41) is 0. The van der Waals surface area contributed by atoms with E-state index in [1.54, 1.807) is 0 Å². The molecule has 1 unspecified atom stereocenters. The lowest BCUT2D eigenvalue weighted by Gasteiger charge is -2.32. The highest BCUT2D eigenvalue weighted by atomic mass is 16.5. The normalized spacial score (nSPS) is 18.6. The van der Waals surface area contributed by atoms with Crippen molar-refractivity contribution in [3.8, 4) is 0 Å². The predicted molar refractivity (Wildman–Crippen MR) is 63.6 cm³/mol. The van der Waals surface area contributed by atoms with Gasteiger partial charge < -0.3 is 9.47 Å². The largest absolute Gasteiger partial charge is 0.468 e. The van der Waals surface area contributed by atoms with Gasteiger partial charge in [-0.15, -0.1) is 0 Å². The summed E-state index contributed by atoms with van der Waals surface area (Å²) < 4.78 is 10.2. The fourth-order valence-electron chi connectivity index (χ4n) is 2.08. The van der Waals surface area contributed by atoms with Crippen molar-refractivity contribution in [2.75, 3.05) is 33.4 Å². The van der Waals surface area contributed by atoms with E-state index in [1.165, 1.54) is 7.11 Å². The molecule has 0 amide bonds. The molecule has 0 N–H and O–H groups in total. The molecule has 0 aromatic heterocycles. The van der Waals surface area contributed by atoms with E-state index in [0.29, 0.717) is 13.2 Å². The van der Waals surface area contributed by atoms with Crippen LogP contribution in [0.3, 0.4) is 0 Å². The molecule has 0 spiro atoms. The molecule has 4 heteroatoms. The third-order valence-electron chi connectivity index (χ3n) is 2.95. The summed E-state index contributed by atoms with van der Waals surface area (Å²) in [6.45, 7) is 2.85. The monoisotopic (exact) mass is 235 g/mol. The molecule has 92 valence electrons. The molecule has 1 saturated heterocycles. The molecule has 1 atom stereocenters. The smallest absolute Gasteiger partial charge is 0.327 e. The molecule has 0 aliphatic carbocycles. The van der Waals surface area contributed by atoms with Crippen LogP contribution in [0, 0.1) is 0 Å². The van der Waals surface area contributed by atoms with Gasteiger partial charge in [0.25, 0.3) is 0 Å². The fraction of sp³-hybridized carbons (Fsp3) is 0.462. The van der Waals surface area contributed by atoms with E-state index >= 15 is 0 Å². The first kappa shape index (κ1) is 12.1. The highest BCUT2D eigenvalue weighted by Crippen LogP contribution is 2.22. The number of morpholine rings is 1. The Morgan fingerprint density at radius 1 is 1.29 bits per heavy atom. The number of rotatable bonds is 3. The molecule has 1 aromatic carbocycles. The lowest BCUT2D eigenvalue weighted by Crippen LogP contribution is -2.42. The average Bonchev–Trinajstić information content (AvgIpc) is 2.41. The van der Waals surface area contributed by atoms with E-state index in [0.717, 1.165) is 18.7 Å². The van der Waals surface area contributed by atoms with Gasteiger partial charge in [0.1, 0.15) is 6.04 Å². The molecule has 1 fully saturated rings. The number of methoxy groups -OCH3 is 1. The zero-order valence-corrected chi connectivity index (χ0v) is 9.96. The van der Waals surface area contributed by atoms with Crippen LogP contribution in [0.5, 0.6) is 0 Å². The van der Waals surface area contributed by atoms with Gasteiger partial charge >= 0.3 is 5.97 Å². The first-order valence-electron chi connectivity index (χ1n) is 5.77. The summed E-state index contributed by atoms with van der Waals surface area (Å²) in [6.07, 6.45) is 0. The first-order chi connectivity index (χ1) is 8.33. The minimum Gasteiger partial charge on any atom is -0.468 e. The van der Waals surface area contributed by atoms with Crippen LogP contribution in [0.4, 0.5) is 0 Å². The number of benzene rings is 1. The van der Waals surface area contributed by atoms with Gasteiger partial charge in [0.05, 0.1) is 20.3 Å². The maximum Gasteiger partial charge on any atom is 0.327 e. The molecule has 2 rings (SSSR count). The summed E-state index contributed by atoms with van der Waals surface area (Å²) in [5.74, 6) is -0.210. The minimum atomic E-state index is -0.315. The van der Waals surface area contributed by atoms with Crippen LogP contribution in [0.15, 0.2) is 30.3 Å². The highest BCUT2D eigenvalue weighted by molar-refractivity contribution is 5.77. The third-order valence-corrected chi connectivity index (χ3v) is 2.95. The van der Waals surface area contributed by atoms with Crippen molar-refractivity contribution in [3.63, 3.8) is 0 Å². The van der Waals surface area contributed by atoms with Gasteiger partial charge in [0, 0.05) is 13.1 Å². The quantitative estimate of drug-likeness (QED) is 0.739. The summed E-state index contributed by atoms with van der Waals surface area (Å²) in [5.41, 5.74) is 0.973. The Labute approximate surface area is 101 Å². The van der Waals surface area contributed by atoms with Gasteiger partial charge in [-0.05, 0) is 5.56 Å². The molecule has 0 radical (unpaired) electrons. The van der Waals surface area contributed by atoms with Crippen LogP contribution in [-0.2, 0) is 14.3 Å². The van der Waals surface area contributed by atoms with Crippen molar-refractivity contribution >= 4 is 5.97 Å². The van der Waals surface area contributed by atoms with Gasteiger partial charge in [-0.3, -0.25) is 4.90 Å². The molecule has 1 aromatic rings. The molecule has 1 aliphatic rings. The van der Waals surface area contributed by atoms with Gasteiger partial charge in [0.2, 0.25) is 0 Å². The summed E-state index contributed by atoms with van der Waals surface area (Å²) in [4.78, 5) is 14.0. The van der Waals surface area contributed by atoms with E-state index in [2.05, 4.69) is 4.90 Å². The van der Waals surface area contributed by atoms with Crippen LogP contribution >= 0.6 is 0 Å². The van der Waals surface area contributed by atoms with Gasteiger partial charge in [-0.2, -0.15) is 0 Å². The summed E-state index contributed by atoms with van der Waals surface area (Å²) >= 11 is 0. The zero-order chi connectivity index (χ0) is 12.1. The number of ether oxygens (including phenoxy) is 2. The average molecular weight is 235 g/mol. The van der Waals surface area contributed by atoms with Crippen molar-refractivity contribution in [2.45, 2.75) is 6.04 Å². The van der Waals surface area contributed by atoms with Crippen molar-refractivity contribution in [1.29, 1.82) is 0 Å². The van der Waals surface area contributed by atoms with E-state index in [1.807, 2.05) is 30.3 Å². The molecule has 1 heterocycles. The van der Waals surface area contributed by atoms with Crippen LogP contribution in [-0.4, -0.2) is 44.3 Å². The number of hydrogen-bond acceptors (Lipinski definition) is 4. The highest BCUT2D eigenvalue weighted by Gasteiger charge is 2.29. The lowest BCUT2D eigenvalue weighted by atomic mass is 10.1. The first-order valence-corrected chi connectivity index (χ1v) is 5.77. The maximum atomic E-state index is 11.9. The topological polar surface area (TPSA) is 38.8 Å². The number of esters is 1. The minimum absolute atomic E-state index is 0.210.